The molecule has 3 rings (SSSR count). The number of carbonyl (C=O) groups excluding carboxylic acids is 1. The molecule has 7 nitrogen and oxygen atoms in total. The van der Waals surface area contributed by atoms with Crippen LogP contribution < -0.4 is 9.64 Å². The Kier molecular flexibility index (Phi) is 4.88. The molecular formula is C17H21N5O2. The highest BCUT2D eigenvalue weighted by molar-refractivity contribution is 5.94. The third-order valence-corrected chi connectivity index (χ3v) is 3.78. The van der Waals surface area contributed by atoms with Gasteiger partial charge >= 0.3 is 0 Å². The minimum Gasteiger partial charge on any atom is -0.475 e. The monoisotopic (exact) mass is 327 g/mol. The van der Waals surface area contributed by atoms with Crippen molar-refractivity contribution in [2.75, 3.05) is 31.1 Å². The quantitative estimate of drug-likeness (QED) is 0.850. The van der Waals surface area contributed by atoms with Gasteiger partial charge in [-0.25, -0.2) is 9.97 Å². The second-order valence-electron chi connectivity index (χ2n) is 5.89. The summed E-state index contributed by atoms with van der Waals surface area (Å²) in [4.78, 5) is 29.1. The van der Waals surface area contributed by atoms with E-state index in [1.165, 1.54) is 0 Å². The van der Waals surface area contributed by atoms with Crippen LogP contribution >= 0.6 is 0 Å². The van der Waals surface area contributed by atoms with E-state index in [0.29, 0.717) is 24.5 Å². The van der Waals surface area contributed by atoms with Crippen LogP contribution in [0.1, 0.15) is 24.2 Å². The van der Waals surface area contributed by atoms with Crippen LogP contribution in [-0.4, -0.2) is 58.0 Å². The fourth-order valence-electron chi connectivity index (χ4n) is 2.59. The van der Waals surface area contributed by atoms with Crippen molar-refractivity contribution in [1.29, 1.82) is 0 Å². The molecule has 1 amide bonds. The van der Waals surface area contributed by atoms with Gasteiger partial charge in [-0.3, -0.25) is 9.78 Å². The van der Waals surface area contributed by atoms with Crippen molar-refractivity contribution in [3.63, 3.8) is 0 Å². The summed E-state index contributed by atoms with van der Waals surface area (Å²) in [5, 5.41) is 0. The van der Waals surface area contributed by atoms with Gasteiger partial charge in [-0.2, -0.15) is 0 Å². The van der Waals surface area contributed by atoms with E-state index in [0.717, 1.165) is 18.9 Å². The first-order chi connectivity index (χ1) is 11.6. The summed E-state index contributed by atoms with van der Waals surface area (Å²) in [6.07, 6.45) is 6.72. The number of rotatable bonds is 4. The Labute approximate surface area is 141 Å². The average Bonchev–Trinajstić information content (AvgIpc) is 2.62. The molecule has 0 bridgehead atoms. The number of piperazine rings is 1. The van der Waals surface area contributed by atoms with Gasteiger partial charge in [-0.1, -0.05) is 0 Å². The number of pyridine rings is 1. The first kappa shape index (κ1) is 16.2. The van der Waals surface area contributed by atoms with Crippen LogP contribution in [0, 0.1) is 0 Å². The van der Waals surface area contributed by atoms with E-state index in [1.807, 2.05) is 18.7 Å². The molecule has 7 heteroatoms. The molecule has 2 aromatic rings. The van der Waals surface area contributed by atoms with Crippen LogP contribution in [0.3, 0.4) is 0 Å². The second kappa shape index (κ2) is 7.25. The van der Waals surface area contributed by atoms with Crippen molar-refractivity contribution < 1.29 is 9.53 Å². The molecule has 0 unspecified atom stereocenters. The van der Waals surface area contributed by atoms with Crippen molar-refractivity contribution in [1.82, 2.24) is 19.9 Å². The number of aromatic nitrogens is 3. The molecule has 24 heavy (non-hydrogen) atoms. The fourth-order valence-corrected chi connectivity index (χ4v) is 2.59. The lowest BCUT2D eigenvalue weighted by atomic mass is 10.2. The largest absolute Gasteiger partial charge is 0.475 e. The molecule has 3 heterocycles. The third kappa shape index (κ3) is 3.79. The van der Waals surface area contributed by atoms with E-state index in [-0.39, 0.29) is 12.0 Å². The Balaban J connectivity index is 1.59. The van der Waals surface area contributed by atoms with Gasteiger partial charge in [0, 0.05) is 50.8 Å². The van der Waals surface area contributed by atoms with E-state index in [2.05, 4.69) is 19.9 Å². The molecule has 126 valence electrons. The van der Waals surface area contributed by atoms with Gasteiger partial charge in [0.25, 0.3) is 5.91 Å². The lowest BCUT2D eigenvalue weighted by Gasteiger charge is -2.35. The van der Waals surface area contributed by atoms with Crippen molar-refractivity contribution in [2.45, 2.75) is 20.0 Å². The van der Waals surface area contributed by atoms with Gasteiger partial charge in [0.15, 0.2) is 0 Å². The molecule has 0 atom stereocenters. The average molecular weight is 327 g/mol. The maximum atomic E-state index is 12.6. The second-order valence-corrected chi connectivity index (χ2v) is 5.89. The van der Waals surface area contributed by atoms with E-state index >= 15 is 0 Å². The Hall–Kier alpha value is -2.70. The number of carbonyl (C=O) groups is 1. The summed E-state index contributed by atoms with van der Waals surface area (Å²) in [5.41, 5.74) is 0.582. The fraction of sp³-hybridized carbons (Fsp3) is 0.412. The number of amides is 1. The van der Waals surface area contributed by atoms with Crippen molar-refractivity contribution in [3.8, 4) is 5.88 Å². The van der Waals surface area contributed by atoms with E-state index in [9.17, 15) is 4.79 Å². The van der Waals surface area contributed by atoms with Crippen molar-refractivity contribution in [2.24, 2.45) is 0 Å². The summed E-state index contributed by atoms with van der Waals surface area (Å²) in [6.45, 7) is 6.67. The predicted molar refractivity (Wildman–Crippen MR) is 90.1 cm³/mol. The minimum atomic E-state index is -0.00241. The van der Waals surface area contributed by atoms with E-state index in [4.69, 9.17) is 4.74 Å². The zero-order valence-electron chi connectivity index (χ0n) is 13.9. The SMILES string of the molecule is CC(C)Oc1ccc(C(=O)N2CCN(c3cnccn3)CC2)cn1. The van der Waals surface area contributed by atoms with Gasteiger partial charge in [0.05, 0.1) is 17.9 Å². The Morgan fingerprint density at radius 2 is 1.88 bits per heavy atom. The molecule has 1 aliphatic heterocycles. The van der Waals surface area contributed by atoms with Gasteiger partial charge in [-0.05, 0) is 19.9 Å². The summed E-state index contributed by atoms with van der Waals surface area (Å²) in [6, 6.07) is 3.51. The zero-order chi connectivity index (χ0) is 16.9. The predicted octanol–water partition coefficient (Wildman–Crippen LogP) is 1.62. The van der Waals surface area contributed by atoms with Crippen molar-refractivity contribution >= 4 is 11.7 Å². The molecule has 0 spiro atoms. The highest BCUT2D eigenvalue weighted by Gasteiger charge is 2.23. The van der Waals surface area contributed by atoms with Gasteiger partial charge in [-0.15, -0.1) is 0 Å². The summed E-state index contributed by atoms with van der Waals surface area (Å²) < 4.78 is 5.50. The van der Waals surface area contributed by atoms with Crippen LogP contribution in [0.5, 0.6) is 5.88 Å². The Morgan fingerprint density at radius 1 is 1.08 bits per heavy atom. The highest BCUT2D eigenvalue weighted by Crippen LogP contribution is 2.15. The topological polar surface area (TPSA) is 71.5 Å². The number of nitrogens with zero attached hydrogens (tertiary/aromatic N) is 5. The molecular weight excluding hydrogens is 306 g/mol. The Bertz CT molecular complexity index is 667. The lowest BCUT2D eigenvalue weighted by molar-refractivity contribution is 0.0746. The van der Waals surface area contributed by atoms with Gasteiger partial charge in [0.2, 0.25) is 5.88 Å². The standard InChI is InChI=1S/C17H21N5O2/c1-13(2)24-16-4-3-14(11-20-16)17(23)22-9-7-21(8-10-22)15-12-18-5-6-19-15/h3-6,11-13H,7-10H2,1-2H3. The molecule has 1 saturated heterocycles. The van der Waals surface area contributed by atoms with Crippen LogP contribution in [0.15, 0.2) is 36.9 Å². The smallest absolute Gasteiger partial charge is 0.255 e. The molecule has 1 fully saturated rings. The Morgan fingerprint density at radius 3 is 2.46 bits per heavy atom. The van der Waals surface area contributed by atoms with Crippen LogP contribution in [0.2, 0.25) is 0 Å². The van der Waals surface area contributed by atoms with Crippen LogP contribution in [0.4, 0.5) is 5.82 Å². The van der Waals surface area contributed by atoms with Gasteiger partial charge in [0.1, 0.15) is 5.82 Å². The molecule has 0 aliphatic carbocycles. The van der Waals surface area contributed by atoms with Crippen LogP contribution in [0.25, 0.3) is 0 Å². The lowest BCUT2D eigenvalue weighted by Crippen LogP contribution is -2.49. The number of anilines is 1. The summed E-state index contributed by atoms with van der Waals surface area (Å²) in [7, 11) is 0. The number of hydrogen-bond donors (Lipinski definition) is 0. The maximum absolute atomic E-state index is 12.6. The first-order valence-corrected chi connectivity index (χ1v) is 8.06. The minimum absolute atomic E-state index is 0.00241. The molecule has 0 radical (unpaired) electrons. The number of hydrogen-bond acceptors (Lipinski definition) is 6. The molecule has 1 aliphatic rings. The van der Waals surface area contributed by atoms with E-state index < -0.39 is 0 Å². The zero-order valence-corrected chi connectivity index (χ0v) is 13.9. The van der Waals surface area contributed by atoms with Crippen molar-refractivity contribution in [3.05, 3.63) is 42.5 Å². The maximum Gasteiger partial charge on any atom is 0.255 e. The number of ether oxygens (including phenoxy) is 1. The molecule has 0 N–H and O–H groups in total. The van der Waals surface area contributed by atoms with E-state index in [1.54, 1.807) is 36.9 Å². The van der Waals surface area contributed by atoms with Gasteiger partial charge < -0.3 is 14.5 Å². The molecule has 2 aromatic heterocycles. The summed E-state index contributed by atoms with van der Waals surface area (Å²) >= 11 is 0. The highest BCUT2D eigenvalue weighted by atomic mass is 16.5. The normalized spacial score (nSPS) is 14.8. The third-order valence-electron chi connectivity index (χ3n) is 3.78. The molecule has 0 saturated carbocycles. The molecule has 0 aromatic carbocycles. The first-order valence-electron chi connectivity index (χ1n) is 8.06. The summed E-state index contributed by atoms with van der Waals surface area (Å²) in [5.74, 6) is 1.38. The van der Waals surface area contributed by atoms with Crippen LogP contribution in [-0.2, 0) is 0 Å².